The average molecular weight is 299 g/mol. The lowest BCUT2D eigenvalue weighted by Crippen LogP contribution is -2.58. The summed E-state index contributed by atoms with van der Waals surface area (Å²) in [6.45, 7) is 2.17. The molecule has 2 aromatic heterocycles. The van der Waals surface area contributed by atoms with Gasteiger partial charge in [-0.25, -0.2) is 9.97 Å². The highest BCUT2D eigenvalue weighted by Crippen LogP contribution is 2.57. The molecule has 2 saturated carbocycles. The first kappa shape index (κ1) is 14.0. The Morgan fingerprint density at radius 1 is 1.27 bits per heavy atom. The number of nitrogens with one attached hydrogen (secondary N) is 2. The van der Waals surface area contributed by atoms with Crippen LogP contribution in [0.2, 0.25) is 0 Å². The van der Waals surface area contributed by atoms with E-state index in [2.05, 4.69) is 52.4 Å². The maximum Gasteiger partial charge on any atom is 0.143 e. The smallest absolute Gasteiger partial charge is 0.143 e. The maximum absolute atomic E-state index is 4.49. The van der Waals surface area contributed by atoms with E-state index in [1.54, 1.807) is 6.33 Å². The summed E-state index contributed by atoms with van der Waals surface area (Å²) in [5, 5.41) is 4.84. The van der Waals surface area contributed by atoms with Gasteiger partial charge in [0, 0.05) is 18.3 Å². The van der Waals surface area contributed by atoms with Crippen LogP contribution in [0.15, 0.2) is 12.5 Å². The largest absolute Gasteiger partial charge is 0.367 e. The number of aromatic amines is 1. The van der Waals surface area contributed by atoms with Gasteiger partial charge < -0.3 is 15.2 Å². The number of rotatable bonds is 4. The van der Waals surface area contributed by atoms with Crippen LogP contribution in [0.3, 0.4) is 0 Å². The number of aromatic nitrogens is 3. The van der Waals surface area contributed by atoms with Crippen LogP contribution in [0, 0.1) is 5.41 Å². The van der Waals surface area contributed by atoms with Crippen LogP contribution in [0.1, 0.15) is 38.2 Å². The standard InChI is InChI=1S/C17H25N5/c1-4-11-9-18-15-14(11)16(20-10-19-15)21-12-5-17(6-12)7-13(8-17)22(2)3/h9-10,12-13H,4-8H2,1-3H3,(H2,18,19,20,21). The number of aryl methyl sites for hydroxylation is 1. The van der Waals surface area contributed by atoms with Gasteiger partial charge in [-0.15, -0.1) is 0 Å². The van der Waals surface area contributed by atoms with Gasteiger partial charge in [0.2, 0.25) is 0 Å². The number of fused-ring (bicyclic) bond motifs is 1. The molecule has 2 heterocycles. The van der Waals surface area contributed by atoms with Gasteiger partial charge in [0.25, 0.3) is 0 Å². The van der Waals surface area contributed by atoms with Gasteiger partial charge in [-0.2, -0.15) is 0 Å². The molecule has 0 atom stereocenters. The molecule has 2 aliphatic rings. The van der Waals surface area contributed by atoms with E-state index in [0.29, 0.717) is 11.5 Å². The van der Waals surface area contributed by atoms with Crippen molar-refractivity contribution in [1.29, 1.82) is 0 Å². The SMILES string of the molecule is CCc1c[nH]c2ncnc(NC3CC4(C3)CC(N(C)C)C4)c12. The quantitative estimate of drug-likeness (QED) is 0.911. The van der Waals surface area contributed by atoms with E-state index in [1.807, 2.05) is 0 Å². The summed E-state index contributed by atoms with van der Waals surface area (Å²) in [5.74, 6) is 1.01. The van der Waals surface area contributed by atoms with Gasteiger partial charge >= 0.3 is 0 Å². The highest BCUT2D eigenvalue weighted by molar-refractivity contribution is 5.90. The van der Waals surface area contributed by atoms with Gasteiger partial charge in [0.15, 0.2) is 0 Å². The predicted octanol–water partition coefficient (Wildman–Crippen LogP) is 2.81. The highest BCUT2D eigenvalue weighted by atomic mass is 15.1. The number of H-pyrrole nitrogens is 1. The Kier molecular flexibility index (Phi) is 3.15. The zero-order valence-corrected chi connectivity index (χ0v) is 13.7. The molecule has 118 valence electrons. The Balaban J connectivity index is 1.45. The topological polar surface area (TPSA) is 56.8 Å². The number of nitrogens with zero attached hydrogens (tertiary/aromatic N) is 3. The fourth-order valence-electron chi connectivity index (χ4n) is 4.33. The number of hydrogen-bond acceptors (Lipinski definition) is 4. The molecule has 0 aromatic carbocycles. The molecule has 0 unspecified atom stereocenters. The minimum Gasteiger partial charge on any atom is -0.367 e. The van der Waals surface area contributed by atoms with Crippen LogP contribution >= 0.6 is 0 Å². The van der Waals surface area contributed by atoms with Crippen molar-refractivity contribution in [3.05, 3.63) is 18.1 Å². The third-order valence-electron chi connectivity index (χ3n) is 5.70. The van der Waals surface area contributed by atoms with Gasteiger partial charge in [-0.3, -0.25) is 0 Å². The monoisotopic (exact) mass is 299 g/mol. The van der Waals surface area contributed by atoms with Crippen molar-refractivity contribution in [3.8, 4) is 0 Å². The zero-order chi connectivity index (χ0) is 15.3. The Morgan fingerprint density at radius 2 is 2.05 bits per heavy atom. The van der Waals surface area contributed by atoms with Crippen molar-refractivity contribution in [3.63, 3.8) is 0 Å². The molecule has 2 fully saturated rings. The minimum absolute atomic E-state index is 0.570. The molecular weight excluding hydrogens is 274 g/mol. The van der Waals surface area contributed by atoms with Crippen molar-refractivity contribution in [2.45, 2.75) is 51.1 Å². The van der Waals surface area contributed by atoms with Crippen molar-refractivity contribution in [1.82, 2.24) is 19.9 Å². The average Bonchev–Trinajstić information content (AvgIpc) is 2.83. The molecule has 1 spiro atoms. The summed E-state index contributed by atoms with van der Waals surface area (Å²) < 4.78 is 0. The van der Waals surface area contributed by atoms with E-state index in [-0.39, 0.29) is 0 Å². The Bertz CT molecular complexity index is 675. The second-order valence-electron chi connectivity index (χ2n) is 7.39. The Morgan fingerprint density at radius 3 is 2.73 bits per heavy atom. The van der Waals surface area contributed by atoms with Gasteiger partial charge in [-0.05, 0) is 57.2 Å². The van der Waals surface area contributed by atoms with Crippen molar-refractivity contribution in [2.75, 3.05) is 19.4 Å². The summed E-state index contributed by atoms with van der Waals surface area (Å²) >= 11 is 0. The number of anilines is 1. The van der Waals surface area contributed by atoms with Crippen LogP contribution in [0.4, 0.5) is 5.82 Å². The van der Waals surface area contributed by atoms with Crippen LogP contribution < -0.4 is 5.32 Å². The van der Waals surface area contributed by atoms with E-state index in [9.17, 15) is 0 Å². The first-order valence-electron chi connectivity index (χ1n) is 8.34. The molecule has 0 saturated heterocycles. The summed E-state index contributed by atoms with van der Waals surface area (Å²) in [6, 6.07) is 1.36. The van der Waals surface area contributed by atoms with E-state index in [4.69, 9.17) is 0 Å². The van der Waals surface area contributed by atoms with E-state index < -0.39 is 0 Å². The van der Waals surface area contributed by atoms with Crippen LogP contribution in [0.25, 0.3) is 11.0 Å². The van der Waals surface area contributed by atoms with Crippen molar-refractivity contribution in [2.24, 2.45) is 5.41 Å². The molecule has 0 amide bonds. The summed E-state index contributed by atoms with van der Waals surface area (Å²) in [4.78, 5) is 14.4. The molecule has 2 aliphatic carbocycles. The van der Waals surface area contributed by atoms with E-state index in [1.165, 1.54) is 36.6 Å². The summed E-state index contributed by atoms with van der Waals surface area (Å²) in [6.07, 6.45) is 10.0. The third-order valence-corrected chi connectivity index (χ3v) is 5.70. The molecule has 0 aliphatic heterocycles. The molecule has 0 radical (unpaired) electrons. The fraction of sp³-hybridized carbons (Fsp3) is 0.647. The first-order valence-corrected chi connectivity index (χ1v) is 8.34. The van der Waals surface area contributed by atoms with E-state index in [0.717, 1.165) is 23.9 Å². The first-order chi connectivity index (χ1) is 10.6. The lowest BCUT2D eigenvalue weighted by atomic mass is 9.52. The van der Waals surface area contributed by atoms with Gasteiger partial charge in [0.1, 0.15) is 17.8 Å². The van der Waals surface area contributed by atoms with E-state index >= 15 is 0 Å². The van der Waals surface area contributed by atoms with Gasteiger partial charge in [0.05, 0.1) is 5.39 Å². The molecule has 5 nitrogen and oxygen atoms in total. The van der Waals surface area contributed by atoms with Crippen molar-refractivity contribution >= 4 is 16.9 Å². The molecule has 2 N–H and O–H groups in total. The highest BCUT2D eigenvalue weighted by Gasteiger charge is 2.53. The van der Waals surface area contributed by atoms with Crippen LogP contribution in [-0.2, 0) is 6.42 Å². The second kappa shape index (κ2) is 4.95. The lowest BCUT2D eigenvalue weighted by Gasteiger charge is -2.59. The third kappa shape index (κ3) is 2.10. The van der Waals surface area contributed by atoms with Crippen LogP contribution in [-0.4, -0.2) is 46.0 Å². The number of hydrogen-bond donors (Lipinski definition) is 2. The van der Waals surface area contributed by atoms with Crippen molar-refractivity contribution < 1.29 is 0 Å². The normalized spacial score (nSPS) is 30.5. The Hall–Kier alpha value is -1.62. The van der Waals surface area contributed by atoms with Gasteiger partial charge in [-0.1, -0.05) is 6.92 Å². The molecule has 2 aromatic rings. The zero-order valence-electron chi connectivity index (χ0n) is 13.7. The molecule has 22 heavy (non-hydrogen) atoms. The lowest BCUT2D eigenvalue weighted by molar-refractivity contribution is -0.0467. The molecule has 5 heteroatoms. The second-order valence-corrected chi connectivity index (χ2v) is 7.39. The maximum atomic E-state index is 4.49. The fourth-order valence-corrected chi connectivity index (χ4v) is 4.33. The minimum atomic E-state index is 0.570. The predicted molar refractivity (Wildman–Crippen MR) is 89.1 cm³/mol. The summed E-state index contributed by atoms with van der Waals surface area (Å²) in [7, 11) is 4.39. The summed E-state index contributed by atoms with van der Waals surface area (Å²) in [5.41, 5.74) is 2.85. The van der Waals surface area contributed by atoms with Crippen LogP contribution in [0.5, 0.6) is 0 Å². The molecular formula is C17H25N5. The molecule has 0 bridgehead atoms. The Labute approximate surface area is 131 Å². The molecule has 4 rings (SSSR count).